The number of para-hydroxylation sites is 1. The predicted molar refractivity (Wildman–Crippen MR) is 122 cm³/mol. The van der Waals surface area contributed by atoms with E-state index in [9.17, 15) is 18.0 Å². The average Bonchev–Trinajstić information content (AvgIpc) is 2.77. The van der Waals surface area contributed by atoms with Gasteiger partial charge in [0.05, 0.1) is 5.52 Å². The first-order valence-electron chi connectivity index (χ1n) is 10.2. The number of rotatable bonds is 6. The van der Waals surface area contributed by atoms with Crippen molar-refractivity contribution in [2.75, 3.05) is 6.54 Å². The first-order valence-corrected chi connectivity index (χ1v) is 11.7. The minimum atomic E-state index is -4.16. The van der Waals surface area contributed by atoms with Crippen molar-refractivity contribution in [3.05, 3.63) is 78.5 Å². The molecule has 0 saturated carbocycles. The maximum absolute atomic E-state index is 13.0. The molecule has 1 unspecified atom stereocenters. The first-order chi connectivity index (χ1) is 15.3. The topological polar surface area (TPSA) is 96.4 Å². The Hall–Kier alpha value is -3.52. The normalized spacial score (nSPS) is 18.5. The number of nitrogens with one attached hydrogen (secondary N) is 1. The van der Waals surface area contributed by atoms with E-state index in [0.717, 1.165) is 5.56 Å². The Morgan fingerprint density at radius 3 is 2.56 bits per heavy atom. The van der Waals surface area contributed by atoms with Gasteiger partial charge in [-0.1, -0.05) is 60.7 Å². The number of amides is 2. The van der Waals surface area contributed by atoms with E-state index in [2.05, 4.69) is 9.71 Å². The SMILES string of the molecule is CC1(C(=O)NS(=O)(=O)c2cccc3cccnc23)CCN1C(=O)C/C=C/c1ccccc1. The standard InChI is InChI=1S/C24H23N3O4S/c1-24(15-17-27(24)21(28)14-5-10-18-8-3-2-4-9-18)23(29)26-32(30,31)20-13-6-11-19-12-7-16-25-22(19)20/h2-13,16H,14-15,17H2,1H3,(H,26,29)/b10-5+. The highest BCUT2D eigenvalue weighted by atomic mass is 32.2. The summed E-state index contributed by atoms with van der Waals surface area (Å²) in [5.41, 5.74) is 0.0372. The summed E-state index contributed by atoms with van der Waals surface area (Å²) in [6.45, 7) is 1.99. The fourth-order valence-corrected chi connectivity index (χ4v) is 5.00. The van der Waals surface area contributed by atoms with Gasteiger partial charge in [0.2, 0.25) is 5.91 Å². The maximum Gasteiger partial charge on any atom is 0.266 e. The Balaban J connectivity index is 1.47. The van der Waals surface area contributed by atoms with Crippen LogP contribution in [0.2, 0.25) is 0 Å². The number of hydrogen-bond donors (Lipinski definition) is 1. The maximum atomic E-state index is 13.0. The molecule has 2 heterocycles. The van der Waals surface area contributed by atoms with Crippen LogP contribution in [0.25, 0.3) is 17.0 Å². The van der Waals surface area contributed by atoms with E-state index in [-0.39, 0.29) is 22.7 Å². The molecule has 2 aromatic carbocycles. The molecule has 3 aromatic rings. The number of pyridine rings is 1. The van der Waals surface area contributed by atoms with Gasteiger partial charge in [-0.05, 0) is 31.0 Å². The quantitative estimate of drug-likeness (QED) is 0.624. The van der Waals surface area contributed by atoms with Gasteiger partial charge in [-0.2, -0.15) is 0 Å². The molecule has 1 N–H and O–H groups in total. The average molecular weight is 450 g/mol. The number of hydrogen-bond acceptors (Lipinski definition) is 5. The number of carbonyl (C=O) groups excluding carboxylic acids is 2. The van der Waals surface area contributed by atoms with Crippen LogP contribution in [0, 0.1) is 0 Å². The zero-order valence-electron chi connectivity index (χ0n) is 17.6. The van der Waals surface area contributed by atoms with Gasteiger partial charge in [-0.25, -0.2) is 13.1 Å². The van der Waals surface area contributed by atoms with Crippen molar-refractivity contribution >= 4 is 38.8 Å². The van der Waals surface area contributed by atoms with Gasteiger partial charge in [0.1, 0.15) is 10.4 Å². The number of nitrogens with zero attached hydrogens (tertiary/aromatic N) is 2. The minimum absolute atomic E-state index is 0.0736. The molecule has 8 heteroatoms. The molecule has 7 nitrogen and oxygen atoms in total. The van der Waals surface area contributed by atoms with Crippen LogP contribution < -0.4 is 4.72 Å². The number of likely N-dealkylation sites (tertiary alicyclic amines) is 1. The molecule has 1 aromatic heterocycles. The van der Waals surface area contributed by atoms with Gasteiger partial charge in [0.25, 0.3) is 15.9 Å². The summed E-state index contributed by atoms with van der Waals surface area (Å²) < 4.78 is 28.1. The predicted octanol–water partition coefficient (Wildman–Crippen LogP) is 3.13. The Labute approximate surface area is 186 Å². The van der Waals surface area contributed by atoms with Crippen molar-refractivity contribution in [2.45, 2.75) is 30.2 Å². The van der Waals surface area contributed by atoms with Crippen LogP contribution in [0.15, 0.2) is 77.8 Å². The van der Waals surface area contributed by atoms with E-state index < -0.39 is 21.5 Å². The van der Waals surface area contributed by atoms with Crippen molar-refractivity contribution in [3.8, 4) is 0 Å². The van der Waals surface area contributed by atoms with Gasteiger partial charge in [-0.15, -0.1) is 0 Å². The Morgan fingerprint density at radius 2 is 1.84 bits per heavy atom. The van der Waals surface area contributed by atoms with Gasteiger partial charge in [-0.3, -0.25) is 14.6 Å². The van der Waals surface area contributed by atoms with Crippen LogP contribution in [0.3, 0.4) is 0 Å². The second-order valence-corrected chi connectivity index (χ2v) is 9.50. The molecular weight excluding hydrogens is 426 g/mol. The number of fused-ring (bicyclic) bond motifs is 1. The summed E-state index contributed by atoms with van der Waals surface area (Å²) in [4.78, 5) is 31.1. The second kappa shape index (κ2) is 8.55. The summed E-state index contributed by atoms with van der Waals surface area (Å²) in [6.07, 6.45) is 5.59. The third-order valence-corrected chi connectivity index (χ3v) is 7.09. The molecule has 0 radical (unpaired) electrons. The molecule has 0 bridgehead atoms. The molecule has 2 amide bonds. The number of benzene rings is 2. The summed E-state index contributed by atoms with van der Waals surface area (Å²) in [5.74, 6) is -0.956. The van der Waals surface area contributed by atoms with Crippen molar-refractivity contribution in [1.82, 2.24) is 14.6 Å². The monoisotopic (exact) mass is 449 g/mol. The van der Waals surface area contributed by atoms with Gasteiger partial charge in [0.15, 0.2) is 0 Å². The number of carbonyl (C=O) groups is 2. The fourth-order valence-electron chi connectivity index (χ4n) is 3.75. The lowest BCUT2D eigenvalue weighted by atomic mass is 9.85. The third-order valence-electron chi connectivity index (χ3n) is 5.72. The molecule has 1 saturated heterocycles. The minimum Gasteiger partial charge on any atom is -0.328 e. The van der Waals surface area contributed by atoms with Gasteiger partial charge >= 0.3 is 0 Å². The molecule has 1 aliphatic heterocycles. The second-order valence-electron chi connectivity index (χ2n) is 7.85. The Morgan fingerprint density at radius 1 is 1.09 bits per heavy atom. The molecule has 164 valence electrons. The van der Waals surface area contributed by atoms with E-state index in [1.54, 1.807) is 37.3 Å². The lowest BCUT2D eigenvalue weighted by Gasteiger charge is -2.48. The van der Waals surface area contributed by atoms with Crippen LogP contribution in [0.4, 0.5) is 0 Å². The van der Waals surface area contributed by atoms with Gasteiger partial charge < -0.3 is 4.90 Å². The highest BCUT2D eigenvalue weighted by molar-refractivity contribution is 7.90. The number of sulfonamides is 1. The van der Waals surface area contributed by atoms with E-state index >= 15 is 0 Å². The summed E-state index contributed by atoms with van der Waals surface area (Å²) in [7, 11) is -4.16. The fraction of sp³-hybridized carbons (Fsp3) is 0.208. The molecule has 32 heavy (non-hydrogen) atoms. The molecule has 0 spiro atoms. The highest BCUT2D eigenvalue weighted by Crippen LogP contribution is 2.32. The molecular formula is C24H23N3O4S. The molecule has 4 rings (SSSR count). The van der Waals surface area contributed by atoms with Crippen molar-refractivity contribution in [3.63, 3.8) is 0 Å². The highest BCUT2D eigenvalue weighted by Gasteiger charge is 2.50. The zero-order valence-corrected chi connectivity index (χ0v) is 18.4. The molecule has 1 atom stereocenters. The first kappa shape index (κ1) is 21.7. The van der Waals surface area contributed by atoms with Gasteiger partial charge in [0, 0.05) is 24.5 Å². The van der Waals surface area contributed by atoms with E-state index in [1.807, 2.05) is 36.4 Å². The van der Waals surface area contributed by atoms with E-state index in [4.69, 9.17) is 0 Å². The molecule has 1 aliphatic rings. The zero-order chi connectivity index (χ0) is 22.8. The third kappa shape index (κ3) is 4.13. The van der Waals surface area contributed by atoms with Crippen LogP contribution in [-0.2, 0) is 19.6 Å². The van der Waals surface area contributed by atoms with E-state index in [0.29, 0.717) is 18.4 Å². The van der Waals surface area contributed by atoms with Crippen LogP contribution in [0.1, 0.15) is 25.3 Å². The van der Waals surface area contributed by atoms with Crippen molar-refractivity contribution in [1.29, 1.82) is 0 Å². The van der Waals surface area contributed by atoms with E-state index in [1.165, 1.54) is 17.2 Å². The molecule has 1 fully saturated rings. The smallest absolute Gasteiger partial charge is 0.266 e. The molecule has 0 aliphatic carbocycles. The summed E-state index contributed by atoms with van der Waals surface area (Å²) >= 11 is 0. The largest absolute Gasteiger partial charge is 0.328 e. The van der Waals surface area contributed by atoms with Crippen molar-refractivity contribution < 1.29 is 18.0 Å². The summed E-state index contributed by atoms with van der Waals surface area (Å²) in [6, 6.07) is 17.8. The van der Waals surface area contributed by atoms with Crippen molar-refractivity contribution in [2.24, 2.45) is 0 Å². The Kier molecular flexibility index (Phi) is 5.80. The lowest BCUT2D eigenvalue weighted by molar-refractivity contribution is -0.155. The van der Waals surface area contributed by atoms with Crippen LogP contribution in [-0.4, -0.2) is 42.2 Å². The number of aromatic nitrogens is 1. The summed E-state index contributed by atoms with van der Waals surface area (Å²) in [5, 5.41) is 0.652. The van der Waals surface area contributed by atoms with Crippen LogP contribution >= 0.6 is 0 Å². The lowest BCUT2D eigenvalue weighted by Crippen LogP contribution is -2.67. The Bertz CT molecular complexity index is 1300. The van der Waals surface area contributed by atoms with Crippen LogP contribution in [0.5, 0.6) is 0 Å².